The van der Waals surface area contributed by atoms with Crippen LogP contribution in [0.25, 0.3) is 17.0 Å². The number of methoxy groups -OCH3 is 1. The highest BCUT2D eigenvalue weighted by molar-refractivity contribution is 5.98. The van der Waals surface area contributed by atoms with E-state index in [1.165, 1.54) is 18.2 Å². The Morgan fingerprint density at radius 3 is 2.78 bits per heavy atom. The van der Waals surface area contributed by atoms with Crippen molar-refractivity contribution in [1.82, 2.24) is 25.1 Å². The lowest BCUT2D eigenvalue weighted by atomic mass is 10.1. The molecule has 4 aromatic rings. The van der Waals surface area contributed by atoms with Gasteiger partial charge in [-0.25, -0.2) is 0 Å². The molecule has 2 aromatic carbocycles. The fourth-order valence-electron chi connectivity index (χ4n) is 3.03. The molecule has 0 unspecified atom stereocenters. The van der Waals surface area contributed by atoms with Crippen molar-refractivity contribution in [1.29, 1.82) is 0 Å². The fourth-order valence-corrected chi connectivity index (χ4v) is 3.03. The Balaban J connectivity index is 1.42. The van der Waals surface area contributed by atoms with Gasteiger partial charge in [-0.2, -0.15) is 4.52 Å². The molecule has 0 saturated carbocycles. The summed E-state index contributed by atoms with van der Waals surface area (Å²) in [5, 5.41) is 26.4. The number of fused-ring (bicyclic) bond motifs is 1. The minimum absolute atomic E-state index is 0.00975. The Labute approximate surface area is 181 Å². The molecule has 11 nitrogen and oxygen atoms in total. The molecule has 0 atom stereocenters. The number of amides is 1. The van der Waals surface area contributed by atoms with E-state index in [4.69, 9.17) is 9.47 Å². The number of nitrogens with zero attached hydrogens (tertiary/aromatic N) is 5. The second-order valence-corrected chi connectivity index (χ2v) is 6.58. The highest BCUT2D eigenvalue weighted by atomic mass is 16.6. The van der Waals surface area contributed by atoms with Crippen LogP contribution < -0.4 is 14.8 Å². The summed E-state index contributed by atoms with van der Waals surface area (Å²) in [6.45, 7) is 0.247. The topological polar surface area (TPSA) is 134 Å². The van der Waals surface area contributed by atoms with Crippen LogP contribution in [0.5, 0.6) is 11.6 Å². The van der Waals surface area contributed by atoms with Gasteiger partial charge in [0.25, 0.3) is 11.6 Å². The average molecular weight is 434 g/mol. The van der Waals surface area contributed by atoms with Crippen LogP contribution in [0.3, 0.4) is 0 Å². The molecule has 0 aliphatic heterocycles. The van der Waals surface area contributed by atoms with Crippen LogP contribution in [-0.4, -0.2) is 50.9 Å². The molecule has 2 aromatic heterocycles. The number of hydrogen-bond donors (Lipinski definition) is 1. The Morgan fingerprint density at radius 1 is 1.12 bits per heavy atom. The van der Waals surface area contributed by atoms with Crippen molar-refractivity contribution in [3.63, 3.8) is 0 Å². The van der Waals surface area contributed by atoms with Gasteiger partial charge in [0.1, 0.15) is 17.9 Å². The lowest BCUT2D eigenvalue weighted by Crippen LogP contribution is -2.28. The van der Waals surface area contributed by atoms with E-state index in [1.54, 1.807) is 29.8 Å². The number of nitrogens with one attached hydrogen (secondary N) is 1. The van der Waals surface area contributed by atoms with Crippen LogP contribution in [0.4, 0.5) is 5.69 Å². The van der Waals surface area contributed by atoms with Crippen molar-refractivity contribution in [3.8, 4) is 23.0 Å². The van der Waals surface area contributed by atoms with Crippen LogP contribution in [-0.2, 0) is 0 Å². The molecule has 1 N–H and O–H groups in total. The maximum absolute atomic E-state index is 12.3. The second kappa shape index (κ2) is 9.08. The normalized spacial score (nSPS) is 10.7. The highest BCUT2D eigenvalue weighted by Gasteiger charge is 2.18. The fraction of sp³-hybridized carbons (Fsp3) is 0.143. The van der Waals surface area contributed by atoms with Gasteiger partial charge in [0, 0.05) is 17.7 Å². The lowest BCUT2D eigenvalue weighted by Gasteiger charge is -2.08. The Bertz CT molecular complexity index is 1290. The monoisotopic (exact) mass is 434 g/mol. The minimum Gasteiger partial charge on any atom is -0.497 e. The third-order valence-electron chi connectivity index (χ3n) is 4.55. The first-order chi connectivity index (χ1) is 15.6. The van der Waals surface area contributed by atoms with Gasteiger partial charge in [0.15, 0.2) is 11.5 Å². The molecule has 4 rings (SSSR count). The molecule has 0 bridgehead atoms. The van der Waals surface area contributed by atoms with Gasteiger partial charge in [-0.05, 0) is 24.3 Å². The minimum atomic E-state index is -0.594. The predicted octanol–water partition coefficient (Wildman–Crippen LogP) is 2.52. The third kappa shape index (κ3) is 4.31. The van der Waals surface area contributed by atoms with Crippen LogP contribution in [0.1, 0.15) is 10.4 Å². The molecule has 0 saturated heterocycles. The SMILES string of the molecule is COc1cccc(-c2nnc3ccc(OCCNC(=O)c4ccccc4[N+](=O)[O-])nn23)c1. The van der Waals surface area contributed by atoms with Gasteiger partial charge in [-0.1, -0.05) is 24.3 Å². The zero-order valence-corrected chi connectivity index (χ0v) is 17.0. The van der Waals surface area contributed by atoms with E-state index in [2.05, 4.69) is 20.6 Å². The smallest absolute Gasteiger partial charge is 0.282 e. The van der Waals surface area contributed by atoms with Crippen molar-refractivity contribution in [3.05, 3.63) is 76.3 Å². The summed E-state index contributed by atoms with van der Waals surface area (Å²) in [5.74, 6) is 0.958. The Morgan fingerprint density at radius 2 is 1.97 bits per heavy atom. The highest BCUT2D eigenvalue weighted by Crippen LogP contribution is 2.23. The van der Waals surface area contributed by atoms with Gasteiger partial charge in [-0.15, -0.1) is 15.3 Å². The van der Waals surface area contributed by atoms with Crippen molar-refractivity contribution in [2.75, 3.05) is 20.3 Å². The number of hydrogen-bond acceptors (Lipinski definition) is 8. The zero-order chi connectivity index (χ0) is 22.5. The number of para-hydroxylation sites is 1. The molecule has 0 aliphatic rings. The number of aromatic nitrogens is 4. The van der Waals surface area contributed by atoms with Crippen LogP contribution in [0.15, 0.2) is 60.7 Å². The number of rotatable bonds is 8. The molecule has 2 heterocycles. The maximum atomic E-state index is 12.3. The van der Waals surface area contributed by atoms with E-state index in [9.17, 15) is 14.9 Å². The van der Waals surface area contributed by atoms with Crippen molar-refractivity contribution in [2.45, 2.75) is 0 Å². The van der Waals surface area contributed by atoms with Gasteiger partial charge in [0.2, 0.25) is 5.88 Å². The predicted molar refractivity (Wildman–Crippen MR) is 114 cm³/mol. The summed E-state index contributed by atoms with van der Waals surface area (Å²) in [6, 6.07) is 16.5. The van der Waals surface area contributed by atoms with Crippen LogP contribution >= 0.6 is 0 Å². The van der Waals surface area contributed by atoms with Gasteiger partial charge >= 0.3 is 0 Å². The van der Waals surface area contributed by atoms with E-state index >= 15 is 0 Å². The molecular weight excluding hydrogens is 416 g/mol. The van der Waals surface area contributed by atoms with Crippen molar-refractivity contribution in [2.24, 2.45) is 0 Å². The van der Waals surface area contributed by atoms with Crippen molar-refractivity contribution >= 4 is 17.2 Å². The summed E-state index contributed by atoms with van der Waals surface area (Å²) in [7, 11) is 1.58. The van der Waals surface area contributed by atoms with Gasteiger partial charge < -0.3 is 14.8 Å². The molecule has 0 fully saturated rings. The summed E-state index contributed by atoms with van der Waals surface area (Å²) < 4.78 is 12.4. The van der Waals surface area contributed by atoms with E-state index in [1.807, 2.05) is 24.3 Å². The zero-order valence-electron chi connectivity index (χ0n) is 17.0. The molecule has 162 valence electrons. The first-order valence-corrected chi connectivity index (χ1v) is 9.58. The van der Waals surface area contributed by atoms with E-state index < -0.39 is 10.8 Å². The molecule has 0 radical (unpaired) electrons. The summed E-state index contributed by atoms with van der Waals surface area (Å²) in [4.78, 5) is 22.7. The first kappa shape index (κ1) is 20.7. The number of carbonyl (C=O) groups is 1. The lowest BCUT2D eigenvalue weighted by molar-refractivity contribution is -0.385. The Kier molecular flexibility index (Phi) is 5.88. The van der Waals surface area contributed by atoms with Crippen LogP contribution in [0.2, 0.25) is 0 Å². The largest absolute Gasteiger partial charge is 0.497 e. The summed E-state index contributed by atoms with van der Waals surface area (Å²) in [5.41, 5.74) is 1.05. The van der Waals surface area contributed by atoms with Gasteiger partial charge in [0.05, 0.1) is 18.6 Å². The number of ether oxygens (including phenoxy) is 2. The number of carbonyl (C=O) groups excluding carboxylic acids is 1. The maximum Gasteiger partial charge on any atom is 0.282 e. The third-order valence-corrected chi connectivity index (χ3v) is 4.55. The summed E-state index contributed by atoms with van der Waals surface area (Å²) >= 11 is 0. The van der Waals surface area contributed by atoms with E-state index in [0.717, 1.165) is 5.56 Å². The second-order valence-electron chi connectivity index (χ2n) is 6.58. The molecule has 1 amide bonds. The van der Waals surface area contributed by atoms with E-state index in [-0.39, 0.29) is 24.4 Å². The average Bonchev–Trinajstić information content (AvgIpc) is 3.25. The standard InChI is InChI=1S/C21H18N6O5/c1-31-15-6-4-5-14(13-15)20-24-23-18-9-10-19(25-26(18)20)32-12-11-22-21(28)16-7-2-3-8-17(16)27(29)30/h2-10,13H,11-12H2,1H3,(H,22,28). The van der Waals surface area contributed by atoms with E-state index in [0.29, 0.717) is 23.1 Å². The first-order valence-electron chi connectivity index (χ1n) is 9.58. The number of nitro groups is 1. The number of benzene rings is 2. The molecule has 0 aliphatic carbocycles. The molecule has 32 heavy (non-hydrogen) atoms. The molecule has 11 heteroatoms. The quantitative estimate of drug-likeness (QED) is 0.254. The number of nitro benzene ring substituents is 1. The Hall–Kier alpha value is -4.54. The van der Waals surface area contributed by atoms with Crippen molar-refractivity contribution < 1.29 is 19.2 Å². The molecular formula is C21H18N6O5. The summed E-state index contributed by atoms with van der Waals surface area (Å²) in [6.07, 6.45) is 0. The molecule has 0 spiro atoms. The van der Waals surface area contributed by atoms with Crippen LogP contribution in [0, 0.1) is 10.1 Å². The van der Waals surface area contributed by atoms with Gasteiger partial charge in [-0.3, -0.25) is 14.9 Å².